The lowest BCUT2D eigenvalue weighted by Gasteiger charge is -2.04. The van der Waals surface area contributed by atoms with Gasteiger partial charge in [-0.15, -0.1) is 23.1 Å². The molecule has 2 rings (SSSR count). The number of carbonyl (C=O) groups excluding carboxylic acids is 1. The number of thiazole rings is 1. The molecule has 1 heterocycles. The molecule has 4 nitrogen and oxygen atoms in total. The van der Waals surface area contributed by atoms with E-state index in [2.05, 4.69) is 9.72 Å². The van der Waals surface area contributed by atoms with Crippen LogP contribution >= 0.6 is 34.7 Å². The van der Waals surface area contributed by atoms with Crippen LogP contribution in [0.2, 0.25) is 5.02 Å². The number of thioether (sulfide) groups is 1. The maximum Gasteiger partial charge on any atom is 0.306 e. The lowest BCUT2D eigenvalue weighted by molar-refractivity contribution is -0.140. The maximum atomic E-state index is 11.1. The van der Waals surface area contributed by atoms with Crippen molar-refractivity contribution in [3.8, 4) is 16.3 Å². The molecule has 0 spiro atoms. The summed E-state index contributed by atoms with van der Waals surface area (Å²) in [5.41, 5.74) is 0.959. The van der Waals surface area contributed by atoms with E-state index < -0.39 is 0 Å². The summed E-state index contributed by atoms with van der Waals surface area (Å²) in [7, 11) is 2.98. The minimum Gasteiger partial charge on any atom is -0.495 e. The molecule has 0 bridgehead atoms. The molecule has 0 aliphatic carbocycles. The second-order valence-electron chi connectivity index (χ2n) is 4.01. The van der Waals surface area contributed by atoms with E-state index in [9.17, 15) is 4.79 Å². The second kappa shape index (κ2) is 7.68. The number of hydrogen-bond acceptors (Lipinski definition) is 6. The SMILES string of the molecule is COC(=O)CCSc1csc(-c2ccc(Cl)c(OC)c2)n1. The average Bonchev–Trinajstić information content (AvgIpc) is 2.96. The molecule has 0 aliphatic heterocycles. The molecule has 0 unspecified atom stereocenters. The Bertz CT molecular complexity index is 630. The first-order valence-corrected chi connectivity index (χ1v) is 8.37. The molecule has 0 atom stereocenters. The summed E-state index contributed by atoms with van der Waals surface area (Å²) in [5.74, 6) is 1.07. The first kappa shape index (κ1) is 16.1. The summed E-state index contributed by atoms with van der Waals surface area (Å²) in [6.07, 6.45) is 0.378. The van der Waals surface area contributed by atoms with Gasteiger partial charge in [-0.25, -0.2) is 4.98 Å². The molecule has 0 radical (unpaired) electrons. The van der Waals surface area contributed by atoms with Gasteiger partial charge in [-0.1, -0.05) is 17.7 Å². The summed E-state index contributed by atoms with van der Waals surface area (Å²) in [6.45, 7) is 0. The molecule has 1 aromatic heterocycles. The fourth-order valence-electron chi connectivity index (χ4n) is 1.59. The van der Waals surface area contributed by atoms with E-state index in [1.54, 1.807) is 24.5 Å². The number of benzene rings is 1. The molecule has 2 aromatic rings. The van der Waals surface area contributed by atoms with E-state index in [4.69, 9.17) is 16.3 Å². The largest absolute Gasteiger partial charge is 0.495 e. The van der Waals surface area contributed by atoms with E-state index in [1.807, 2.05) is 17.5 Å². The van der Waals surface area contributed by atoms with Gasteiger partial charge in [0, 0.05) is 16.7 Å². The van der Waals surface area contributed by atoms with E-state index in [1.165, 1.54) is 18.9 Å². The number of hydrogen-bond donors (Lipinski definition) is 0. The first-order chi connectivity index (χ1) is 10.1. The first-order valence-electron chi connectivity index (χ1n) is 6.13. The number of methoxy groups -OCH3 is 2. The van der Waals surface area contributed by atoms with E-state index >= 15 is 0 Å². The Balaban J connectivity index is 2.04. The molecule has 0 amide bonds. The average molecular weight is 344 g/mol. The Kier molecular flexibility index (Phi) is 5.90. The zero-order valence-corrected chi connectivity index (χ0v) is 14.0. The van der Waals surface area contributed by atoms with Gasteiger partial charge in [-0.3, -0.25) is 4.79 Å². The minimum absolute atomic E-state index is 0.208. The summed E-state index contributed by atoms with van der Waals surface area (Å²) in [6, 6.07) is 5.57. The van der Waals surface area contributed by atoms with Crippen molar-refractivity contribution in [2.75, 3.05) is 20.0 Å². The molecule has 1 aromatic carbocycles. The quantitative estimate of drug-likeness (QED) is 0.583. The van der Waals surface area contributed by atoms with Crippen LogP contribution in [0.5, 0.6) is 5.75 Å². The zero-order chi connectivity index (χ0) is 15.2. The standard InChI is InChI=1S/C14H14ClNO3S2/c1-18-11-7-9(3-4-10(11)15)14-16-12(8-21-14)20-6-5-13(17)19-2/h3-4,7-8H,5-6H2,1-2H3. The lowest BCUT2D eigenvalue weighted by atomic mass is 10.2. The fourth-order valence-corrected chi connectivity index (χ4v) is 3.57. The number of aromatic nitrogens is 1. The van der Waals surface area contributed by atoms with E-state index in [0.29, 0.717) is 22.9 Å². The van der Waals surface area contributed by atoms with Gasteiger partial charge < -0.3 is 9.47 Å². The summed E-state index contributed by atoms with van der Waals surface area (Å²) in [5, 5.41) is 4.34. The van der Waals surface area contributed by atoms with Crippen molar-refractivity contribution in [2.45, 2.75) is 11.4 Å². The molecular formula is C14H14ClNO3S2. The number of halogens is 1. The number of carbonyl (C=O) groups is 1. The third kappa shape index (κ3) is 4.36. The number of ether oxygens (including phenoxy) is 2. The van der Waals surface area contributed by atoms with Crippen LogP contribution in [0.15, 0.2) is 28.6 Å². The molecule has 0 N–H and O–H groups in total. The number of rotatable bonds is 6. The Morgan fingerprint density at radius 2 is 2.24 bits per heavy atom. The monoisotopic (exact) mass is 343 g/mol. The summed E-state index contributed by atoms with van der Waals surface area (Å²) >= 11 is 9.09. The normalized spacial score (nSPS) is 10.4. The molecule has 112 valence electrons. The Morgan fingerprint density at radius 1 is 1.43 bits per heavy atom. The van der Waals surface area contributed by atoms with Crippen molar-refractivity contribution in [3.05, 3.63) is 28.6 Å². The summed E-state index contributed by atoms with van der Waals surface area (Å²) in [4.78, 5) is 15.6. The van der Waals surface area contributed by atoms with Gasteiger partial charge in [-0.2, -0.15) is 0 Å². The minimum atomic E-state index is -0.208. The van der Waals surface area contributed by atoms with Crippen LogP contribution < -0.4 is 4.74 Å². The van der Waals surface area contributed by atoms with E-state index in [-0.39, 0.29) is 5.97 Å². The smallest absolute Gasteiger partial charge is 0.306 e. The molecule has 7 heteroatoms. The van der Waals surface area contributed by atoms with Gasteiger partial charge in [0.1, 0.15) is 15.8 Å². The Morgan fingerprint density at radius 3 is 2.95 bits per heavy atom. The third-order valence-electron chi connectivity index (χ3n) is 2.66. The molecule has 0 saturated heterocycles. The fraction of sp³-hybridized carbons (Fsp3) is 0.286. The van der Waals surface area contributed by atoms with Crippen LogP contribution in [0.1, 0.15) is 6.42 Å². The van der Waals surface area contributed by atoms with Crippen molar-refractivity contribution >= 4 is 40.7 Å². The molecule has 0 fully saturated rings. The second-order valence-corrected chi connectivity index (χ2v) is 6.40. The molecule has 21 heavy (non-hydrogen) atoms. The van der Waals surface area contributed by atoms with Gasteiger partial charge in [0.2, 0.25) is 0 Å². The topological polar surface area (TPSA) is 48.4 Å². The summed E-state index contributed by atoms with van der Waals surface area (Å²) < 4.78 is 9.81. The van der Waals surface area contributed by atoms with Gasteiger partial charge in [0.05, 0.1) is 25.7 Å². The van der Waals surface area contributed by atoms with Crippen LogP contribution in [0, 0.1) is 0 Å². The highest BCUT2D eigenvalue weighted by Crippen LogP contribution is 2.33. The predicted octanol–water partition coefficient (Wildman–Crippen LogP) is 4.13. The zero-order valence-electron chi connectivity index (χ0n) is 11.6. The maximum absolute atomic E-state index is 11.1. The number of esters is 1. The van der Waals surface area contributed by atoms with Crippen LogP contribution in [0.3, 0.4) is 0 Å². The van der Waals surface area contributed by atoms with Crippen LogP contribution in [-0.2, 0) is 9.53 Å². The highest BCUT2D eigenvalue weighted by atomic mass is 35.5. The van der Waals surface area contributed by atoms with Gasteiger partial charge in [-0.05, 0) is 12.1 Å². The predicted molar refractivity (Wildman–Crippen MR) is 86.5 cm³/mol. The Labute approximate surface area is 136 Å². The molecular weight excluding hydrogens is 330 g/mol. The van der Waals surface area contributed by atoms with Gasteiger partial charge >= 0.3 is 5.97 Å². The van der Waals surface area contributed by atoms with Crippen LogP contribution in [0.25, 0.3) is 10.6 Å². The van der Waals surface area contributed by atoms with Crippen molar-refractivity contribution in [1.29, 1.82) is 0 Å². The third-order valence-corrected chi connectivity index (χ3v) is 4.93. The highest BCUT2D eigenvalue weighted by molar-refractivity contribution is 7.99. The lowest BCUT2D eigenvalue weighted by Crippen LogP contribution is -2.00. The van der Waals surface area contributed by atoms with Crippen LogP contribution in [-0.4, -0.2) is 30.9 Å². The molecule has 0 saturated carbocycles. The Hall–Kier alpha value is -1.24. The van der Waals surface area contributed by atoms with Crippen molar-refractivity contribution < 1.29 is 14.3 Å². The van der Waals surface area contributed by atoms with Crippen molar-refractivity contribution in [2.24, 2.45) is 0 Å². The number of nitrogens with zero attached hydrogens (tertiary/aromatic N) is 1. The van der Waals surface area contributed by atoms with Gasteiger partial charge in [0.15, 0.2) is 0 Å². The highest BCUT2D eigenvalue weighted by Gasteiger charge is 2.09. The molecule has 0 aliphatic rings. The van der Waals surface area contributed by atoms with E-state index in [0.717, 1.165) is 15.6 Å². The van der Waals surface area contributed by atoms with Gasteiger partial charge in [0.25, 0.3) is 0 Å². The van der Waals surface area contributed by atoms with Crippen molar-refractivity contribution in [1.82, 2.24) is 4.98 Å². The van der Waals surface area contributed by atoms with Crippen LogP contribution in [0.4, 0.5) is 0 Å². The van der Waals surface area contributed by atoms with Crippen molar-refractivity contribution in [3.63, 3.8) is 0 Å².